The van der Waals surface area contributed by atoms with E-state index in [2.05, 4.69) is 0 Å². The van der Waals surface area contributed by atoms with Crippen molar-refractivity contribution in [1.82, 2.24) is 0 Å². The first-order chi connectivity index (χ1) is 8.55. The molecule has 0 bridgehead atoms. The number of carbonyl (C=O) groups is 1. The van der Waals surface area contributed by atoms with Crippen LogP contribution >= 0.6 is 0 Å². The number of hydrogen-bond acceptors (Lipinski definition) is 2. The molecule has 0 saturated heterocycles. The number of carboxylic acids is 1. The minimum atomic E-state index is -2.17. The van der Waals surface area contributed by atoms with Crippen LogP contribution in [-0.2, 0) is 10.4 Å². The number of carboxylic acid groups (broad SMARTS) is 1. The van der Waals surface area contributed by atoms with Crippen molar-refractivity contribution in [3.8, 4) is 0 Å². The van der Waals surface area contributed by atoms with Crippen molar-refractivity contribution in [2.75, 3.05) is 0 Å². The van der Waals surface area contributed by atoms with Gasteiger partial charge in [-0.2, -0.15) is 0 Å². The van der Waals surface area contributed by atoms with Crippen molar-refractivity contribution in [3.05, 3.63) is 71.5 Å². The summed E-state index contributed by atoms with van der Waals surface area (Å²) >= 11 is 0. The largest absolute Gasteiger partial charge is 0.479 e. The highest BCUT2D eigenvalue weighted by molar-refractivity contribution is 5.83. The lowest BCUT2D eigenvalue weighted by atomic mass is 9.86. The van der Waals surface area contributed by atoms with E-state index in [0.29, 0.717) is 0 Å². The van der Waals surface area contributed by atoms with Gasteiger partial charge in [0.15, 0.2) is 0 Å². The number of aliphatic carboxylic acids is 1. The van der Waals surface area contributed by atoms with E-state index in [9.17, 15) is 19.4 Å². The number of benzene rings is 2. The van der Waals surface area contributed by atoms with Crippen LogP contribution in [0.4, 0.5) is 4.39 Å². The van der Waals surface area contributed by atoms with E-state index < -0.39 is 17.4 Å². The second kappa shape index (κ2) is 4.58. The Morgan fingerprint density at radius 3 is 1.94 bits per heavy atom. The molecule has 0 aliphatic rings. The van der Waals surface area contributed by atoms with Crippen molar-refractivity contribution in [2.24, 2.45) is 0 Å². The van der Waals surface area contributed by atoms with Gasteiger partial charge in [-0.05, 0) is 23.3 Å². The Morgan fingerprint density at radius 1 is 0.944 bits per heavy atom. The van der Waals surface area contributed by atoms with Crippen molar-refractivity contribution < 1.29 is 19.4 Å². The van der Waals surface area contributed by atoms with Gasteiger partial charge in [-0.1, -0.05) is 42.5 Å². The number of hydrogen-bond donors (Lipinski definition) is 2. The third-order valence-corrected chi connectivity index (χ3v) is 2.76. The lowest BCUT2D eigenvalue weighted by Crippen LogP contribution is -2.36. The van der Waals surface area contributed by atoms with E-state index in [1.807, 2.05) is 0 Å². The first-order valence-electron chi connectivity index (χ1n) is 5.32. The van der Waals surface area contributed by atoms with Crippen LogP contribution < -0.4 is 0 Å². The Labute approximate surface area is 103 Å². The fraction of sp³-hybridized carbons (Fsp3) is 0.0714. The fourth-order valence-corrected chi connectivity index (χ4v) is 1.78. The van der Waals surface area contributed by atoms with Gasteiger partial charge in [0.1, 0.15) is 5.82 Å². The maximum Gasteiger partial charge on any atom is 0.345 e. The molecule has 0 amide bonds. The highest BCUT2D eigenvalue weighted by atomic mass is 19.1. The van der Waals surface area contributed by atoms with E-state index in [1.54, 1.807) is 18.2 Å². The van der Waals surface area contributed by atoms with Crippen molar-refractivity contribution in [3.63, 3.8) is 0 Å². The minimum Gasteiger partial charge on any atom is -0.479 e. The normalized spacial score (nSPS) is 13.9. The number of halogens is 1. The molecule has 0 fully saturated rings. The molecular formula is C14H11FO3. The number of aliphatic hydroxyl groups is 1. The molecule has 92 valence electrons. The van der Waals surface area contributed by atoms with Gasteiger partial charge in [-0.15, -0.1) is 0 Å². The average molecular weight is 246 g/mol. The summed E-state index contributed by atoms with van der Waals surface area (Å²) in [6.45, 7) is 0. The third-order valence-electron chi connectivity index (χ3n) is 2.76. The molecule has 1 atom stereocenters. The molecule has 2 aromatic carbocycles. The van der Waals surface area contributed by atoms with Gasteiger partial charge in [0, 0.05) is 0 Å². The molecule has 2 aromatic rings. The van der Waals surface area contributed by atoms with E-state index >= 15 is 0 Å². The molecular weight excluding hydrogens is 235 g/mol. The van der Waals surface area contributed by atoms with Crippen LogP contribution in [0.5, 0.6) is 0 Å². The lowest BCUT2D eigenvalue weighted by Gasteiger charge is -2.24. The molecule has 0 heterocycles. The molecule has 3 nitrogen and oxygen atoms in total. The standard InChI is InChI=1S/C14H11FO3/c15-12-8-6-11(7-9-12)14(18,13(16)17)10-4-2-1-3-5-10/h1-9,18H,(H,16,17)/t14-/m0/s1. The first-order valence-corrected chi connectivity index (χ1v) is 5.32. The molecule has 4 heteroatoms. The zero-order valence-electron chi connectivity index (χ0n) is 9.38. The lowest BCUT2D eigenvalue weighted by molar-refractivity contribution is -0.155. The predicted octanol–water partition coefficient (Wildman–Crippen LogP) is 2.15. The van der Waals surface area contributed by atoms with E-state index in [0.717, 1.165) is 12.1 Å². The van der Waals surface area contributed by atoms with Gasteiger partial charge in [0.25, 0.3) is 0 Å². The zero-order valence-corrected chi connectivity index (χ0v) is 9.38. The second-order valence-corrected chi connectivity index (χ2v) is 3.89. The maximum atomic E-state index is 12.8. The van der Waals surface area contributed by atoms with Crippen LogP contribution in [0.15, 0.2) is 54.6 Å². The molecule has 0 aliphatic heterocycles. The Morgan fingerprint density at radius 2 is 1.44 bits per heavy atom. The van der Waals surface area contributed by atoms with Crippen molar-refractivity contribution in [2.45, 2.75) is 5.60 Å². The molecule has 0 radical (unpaired) electrons. The summed E-state index contributed by atoms with van der Waals surface area (Å²) in [7, 11) is 0. The molecule has 2 N–H and O–H groups in total. The fourth-order valence-electron chi connectivity index (χ4n) is 1.78. The summed E-state index contributed by atoms with van der Waals surface area (Å²) in [4.78, 5) is 11.4. The monoisotopic (exact) mass is 246 g/mol. The topological polar surface area (TPSA) is 57.5 Å². The third kappa shape index (κ3) is 1.98. The van der Waals surface area contributed by atoms with Gasteiger partial charge in [-0.3, -0.25) is 0 Å². The number of rotatable bonds is 3. The molecule has 0 aromatic heterocycles. The molecule has 18 heavy (non-hydrogen) atoms. The Kier molecular flexibility index (Phi) is 3.12. The average Bonchev–Trinajstić information content (AvgIpc) is 2.39. The van der Waals surface area contributed by atoms with Crippen LogP contribution in [0.3, 0.4) is 0 Å². The summed E-state index contributed by atoms with van der Waals surface area (Å²) in [5.41, 5.74) is -1.83. The maximum absolute atomic E-state index is 12.8. The van der Waals surface area contributed by atoms with Gasteiger partial charge >= 0.3 is 5.97 Å². The Balaban J connectivity index is 2.58. The molecule has 2 rings (SSSR count). The minimum absolute atomic E-state index is 0.114. The van der Waals surface area contributed by atoms with Crippen LogP contribution in [0.1, 0.15) is 11.1 Å². The van der Waals surface area contributed by atoms with Gasteiger partial charge in [0.05, 0.1) is 0 Å². The summed E-state index contributed by atoms with van der Waals surface area (Å²) < 4.78 is 12.8. The van der Waals surface area contributed by atoms with Crippen LogP contribution in [-0.4, -0.2) is 16.2 Å². The van der Waals surface area contributed by atoms with E-state index in [1.165, 1.54) is 24.3 Å². The molecule has 0 aliphatic carbocycles. The highest BCUT2D eigenvalue weighted by Crippen LogP contribution is 2.29. The van der Waals surface area contributed by atoms with Crippen molar-refractivity contribution in [1.29, 1.82) is 0 Å². The predicted molar refractivity (Wildman–Crippen MR) is 63.5 cm³/mol. The molecule has 0 spiro atoms. The van der Waals surface area contributed by atoms with Gasteiger partial charge < -0.3 is 10.2 Å². The van der Waals surface area contributed by atoms with Crippen LogP contribution in [0.25, 0.3) is 0 Å². The Bertz CT molecular complexity index is 551. The second-order valence-electron chi connectivity index (χ2n) is 3.89. The quantitative estimate of drug-likeness (QED) is 0.872. The summed E-state index contributed by atoms with van der Waals surface area (Å²) in [5, 5.41) is 19.7. The highest BCUT2D eigenvalue weighted by Gasteiger charge is 2.39. The first kappa shape index (κ1) is 12.3. The summed E-state index contributed by atoms with van der Waals surface area (Å²) in [6.07, 6.45) is 0. The van der Waals surface area contributed by atoms with Gasteiger partial charge in [-0.25, -0.2) is 9.18 Å². The zero-order chi connectivity index (χ0) is 13.2. The summed E-state index contributed by atoms with van der Waals surface area (Å²) in [5.74, 6) is -1.89. The smallest absolute Gasteiger partial charge is 0.345 e. The van der Waals surface area contributed by atoms with Crippen molar-refractivity contribution >= 4 is 5.97 Å². The molecule has 0 saturated carbocycles. The van der Waals surface area contributed by atoms with Crippen LogP contribution in [0.2, 0.25) is 0 Å². The van der Waals surface area contributed by atoms with Gasteiger partial charge in [0.2, 0.25) is 5.60 Å². The summed E-state index contributed by atoms with van der Waals surface area (Å²) in [6, 6.07) is 12.8. The SMILES string of the molecule is O=C(O)[C@](O)(c1ccccc1)c1ccc(F)cc1. The molecule has 0 unspecified atom stereocenters. The van der Waals surface area contributed by atoms with Crippen LogP contribution in [0, 0.1) is 5.82 Å². The Hall–Kier alpha value is -2.20. The van der Waals surface area contributed by atoms with E-state index in [-0.39, 0.29) is 11.1 Å². The van der Waals surface area contributed by atoms with E-state index in [4.69, 9.17) is 0 Å².